The highest BCUT2D eigenvalue weighted by Crippen LogP contribution is 2.22. The van der Waals surface area contributed by atoms with Crippen LogP contribution in [0.1, 0.15) is 63.9 Å². The summed E-state index contributed by atoms with van der Waals surface area (Å²) in [4.78, 5) is 14.1. The van der Waals surface area contributed by atoms with E-state index in [1.807, 2.05) is 0 Å². The highest BCUT2D eigenvalue weighted by atomic mass is 16.5. The van der Waals surface area contributed by atoms with Gasteiger partial charge in [0, 0.05) is 17.8 Å². The Morgan fingerprint density at radius 3 is 2.42 bits per heavy atom. The number of benzene rings is 1. The van der Waals surface area contributed by atoms with Crippen LogP contribution in [-0.2, 0) is 4.79 Å². The fourth-order valence-electron chi connectivity index (χ4n) is 2.37. The van der Waals surface area contributed by atoms with Crippen LogP contribution in [-0.4, -0.2) is 35.5 Å². The molecule has 0 heterocycles. The van der Waals surface area contributed by atoms with E-state index in [4.69, 9.17) is 9.84 Å². The molecule has 0 fully saturated rings. The number of ether oxygens (including phenoxy) is 1. The molecule has 0 aliphatic carbocycles. The number of aliphatic imine (C=N–C) groups is 1. The summed E-state index contributed by atoms with van der Waals surface area (Å²) in [7, 11) is 0. The van der Waals surface area contributed by atoms with Crippen molar-refractivity contribution >= 4 is 12.2 Å². The average molecular weight is 335 g/mol. The Morgan fingerprint density at radius 2 is 1.79 bits per heavy atom. The number of hydrogen-bond acceptors (Lipinski definition) is 4. The molecule has 0 amide bonds. The standard InChI is InChI=1S/C19H29NO4/c1-2-3-4-5-6-7-8-9-12-24-17-11-10-16(18(21)13-17)14-20-15-19(22)23/h10-11,13-14,21H,2-9,12,15H2,1H3,(H,22,23). The van der Waals surface area contributed by atoms with E-state index in [-0.39, 0.29) is 12.3 Å². The molecule has 0 aliphatic rings. The summed E-state index contributed by atoms with van der Waals surface area (Å²) in [5, 5.41) is 18.4. The molecule has 1 aromatic carbocycles. The lowest BCUT2D eigenvalue weighted by atomic mass is 10.1. The molecular formula is C19H29NO4. The van der Waals surface area contributed by atoms with Crippen molar-refractivity contribution in [3.8, 4) is 11.5 Å². The van der Waals surface area contributed by atoms with Crippen LogP contribution in [0.4, 0.5) is 0 Å². The van der Waals surface area contributed by atoms with Gasteiger partial charge in [-0.25, -0.2) is 0 Å². The van der Waals surface area contributed by atoms with Gasteiger partial charge >= 0.3 is 5.97 Å². The number of nitrogens with zero attached hydrogens (tertiary/aromatic N) is 1. The van der Waals surface area contributed by atoms with Gasteiger partial charge in [-0.1, -0.05) is 51.9 Å². The Bertz CT molecular complexity index is 514. The molecule has 2 N–H and O–H groups in total. The van der Waals surface area contributed by atoms with E-state index in [1.54, 1.807) is 12.1 Å². The third-order valence-electron chi connectivity index (χ3n) is 3.73. The lowest BCUT2D eigenvalue weighted by Gasteiger charge is -2.08. The van der Waals surface area contributed by atoms with E-state index in [1.165, 1.54) is 50.8 Å². The minimum atomic E-state index is -1.00. The van der Waals surface area contributed by atoms with Gasteiger partial charge in [0.05, 0.1) is 6.61 Å². The smallest absolute Gasteiger partial charge is 0.325 e. The van der Waals surface area contributed by atoms with Gasteiger partial charge < -0.3 is 14.9 Å². The first-order valence-electron chi connectivity index (χ1n) is 8.81. The third-order valence-corrected chi connectivity index (χ3v) is 3.73. The quantitative estimate of drug-likeness (QED) is 0.413. The summed E-state index contributed by atoms with van der Waals surface area (Å²) in [5.74, 6) is -0.348. The van der Waals surface area contributed by atoms with E-state index in [0.29, 0.717) is 17.9 Å². The van der Waals surface area contributed by atoms with Gasteiger partial charge in [0.25, 0.3) is 0 Å². The summed E-state index contributed by atoms with van der Waals surface area (Å²) in [6.45, 7) is 2.56. The number of unbranched alkanes of at least 4 members (excludes halogenated alkanes) is 7. The molecule has 5 heteroatoms. The molecule has 134 valence electrons. The van der Waals surface area contributed by atoms with Crippen molar-refractivity contribution in [1.82, 2.24) is 0 Å². The minimum absolute atomic E-state index is 0.0394. The van der Waals surface area contributed by atoms with Crippen LogP contribution >= 0.6 is 0 Å². The summed E-state index contributed by atoms with van der Waals surface area (Å²) in [6, 6.07) is 4.96. The first-order chi connectivity index (χ1) is 11.6. The van der Waals surface area contributed by atoms with Crippen LogP contribution in [0.3, 0.4) is 0 Å². The molecule has 0 aliphatic heterocycles. The summed E-state index contributed by atoms with van der Waals surface area (Å²) < 4.78 is 5.63. The van der Waals surface area contributed by atoms with Crippen molar-refractivity contribution in [2.45, 2.75) is 58.3 Å². The molecule has 1 aromatic rings. The SMILES string of the molecule is CCCCCCCCCCOc1ccc(C=NCC(=O)O)c(O)c1. The Hall–Kier alpha value is -2.04. The van der Waals surface area contributed by atoms with Gasteiger partial charge in [0.2, 0.25) is 0 Å². The minimum Gasteiger partial charge on any atom is -0.507 e. The highest BCUT2D eigenvalue weighted by Gasteiger charge is 2.02. The van der Waals surface area contributed by atoms with E-state index >= 15 is 0 Å². The molecule has 0 spiro atoms. The van der Waals surface area contributed by atoms with Gasteiger partial charge in [-0.2, -0.15) is 0 Å². The Kier molecular flexibility index (Phi) is 10.3. The largest absolute Gasteiger partial charge is 0.507 e. The number of phenolic OH excluding ortho intramolecular Hbond substituents is 1. The van der Waals surface area contributed by atoms with E-state index in [2.05, 4.69) is 11.9 Å². The van der Waals surface area contributed by atoms with Gasteiger partial charge in [-0.05, 0) is 18.6 Å². The Labute approximate surface area is 144 Å². The number of aliphatic carboxylic acids is 1. The molecule has 0 saturated heterocycles. The summed E-state index contributed by atoms with van der Waals surface area (Å²) >= 11 is 0. The molecule has 1 rings (SSSR count). The van der Waals surface area contributed by atoms with Crippen LogP contribution in [0.15, 0.2) is 23.2 Å². The average Bonchev–Trinajstić information content (AvgIpc) is 2.55. The fourth-order valence-corrected chi connectivity index (χ4v) is 2.37. The van der Waals surface area contributed by atoms with Crippen molar-refractivity contribution < 1.29 is 19.7 Å². The van der Waals surface area contributed by atoms with E-state index in [0.717, 1.165) is 12.8 Å². The zero-order valence-corrected chi connectivity index (χ0v) is 14.5. The second-order valence-electron chi connectivity index (χ2n) is 5.91. The van der Waals surface area contributed by atoms with Gasteiger partial charge in [0.15, 0.2) is 0 Å². The van der Waals surface area contributed by atoms with Crippen molar-refractivity contribution in [3.63, 3.8) is 0 Å². The first-order valence-corrected chi connectivity index (χ1v) is 8.81. The maximum atomic E-state index is 10.4. The van der Waals surface area contributed by atoms with E-state index < -0.39 is 5.97 Å². The Balaban J connectivity index is 2.21. The molecular weight excluding hydrogens is 306 g/mol. The lowest BCUT2D eigenvalue weighted by molar-refractivity contribution is -0.135. The highest BCUT2D eigenvalue weighted by molar-refractivity contribution is 5.85. The van der Waals surface area contributed by atoms with Gasteiger partial charge in [-0.15, -0.1) is 0 Å². The number of aromatic hydroxyl groups is 1. The number of carboxylic acids is 1. The molecule has 0 bridgehead atoms. The number of hydrogen-bond donors (Lipinski definition) is 2. The van der Waals surface area contributed by atoms with Crippen molar-refractivity contribution in [3.05, 3.63) is 23.8 Å². The molecule has 0 saturated carbocycles. The molecule has 0 radical (unpaired) electrons. The van der Waals surface area contributed by atoms with Crippen LogP contribution in [0.5, 0.6) is 11.5 Å². The predicted molar refractivity (Wildman–Crippen MR) is 96.3 cm³/mol. The zero-order chi connectivity index (χ0) is 17.6. The van der Waals surface area contributed by atoms with Crippen LogP contribution in [0, 0.1) is 0 Å². The predicted octanol–water partition coefficient (Wildman–Crippen LogP) is 4.42. The number of carboxylic acid groups (broad SMARTS) is 1. The van der Waals surface area contributed by atoms with Crippen molar-refractivity contribution in [1.29, 1.82) is 0 Å². The zero-order valence-electron chi connectivity index (χ0n) is 14.5. The number of carbonyl (C=O) groups is 1. The molecule has 0 atom stereocenters. The van der Waals surface area contributed by atoms with Gasteiger partial charge in [0.1, 0.15) is 18.0 Å². The summed E-state index contributed by atoms with van der Waals surface area (Å²) in [6.07, 6.45) is 11.4. The fraction of sp³-hybridized carbons (Fsp3) is 0.579. The van der Waals surface area contributed by atoms with Crippen molar-refractivity contribution in [2.75, 3.05) is 13.2 Å². The van der Waals surface area contributed by atoms with Crippen molar-refractivity contribution in [2.24, 2.45) is 4.99 Å². The number of phenols is 1. The maximum absolute atomic E-state index is 10.4. The first kappa shape index (κ1) is 20.0. The molecule has 24 heavy (non-hydrogen) atoms. The topological polar surface area (TPSA) is 79.1 Å². The van der Waals surface area contributed by atoms with Crippen LogP contribution in [0.2, 0.25) is 0 Å². The number of rotatable bonds is 13. The second-order valence-corrected chi connectivity index (χ2v) is 5.91. The Morgan fingerprint density at radius 1 is 1.12 bits per heavy atom. The van der Waals surface area contributed by atoms with Gasteiger partial charge in [-0.3, -0.25) is 9.79 Å². The summed E-state index contributed by atoms with van der Waals surface area (Å²) in [5.41, 5.74) is 0.482. The second kappa shape index (κ2) is 12.4. The molecule has 5 nitrogen and oxygen atoms in total. The molecule has 0 unspecified atom stereocenters. The van der Waals surface area contributed by atoms with E-state index in [9.17, 15) is 9.90 Å². The third kappa shape index (κ3) is 9.18. The normalized spacial score (nSPS) is 11.0. The van der Waals surface area contributed by atoms with Crippen LogP contribution < -0.4 is 4.74 Å². The maximum Gasteiger partial charge on any atom is 0.325 e. The molecule has 0 aromatic heterocycles. The van der Waals surface area contributed by atoms with Crippen LogP contribution in [0.25, 0.3) is 0 Å². The monoisotopic (exact) mass is 335 g/mol. The lowest BCUT2D eigenvalue weighted by Crippen LogP contribution is -2.00.